The van der Waals surface area contributed by atoms with Gasteiger partial charge in [0, 0.05) is 19.5 Å². The highest BCUT2D eigenvalue weighted by Crippen LogP contribution is 2.11. The highest BCUT2D eigenvalue weighted by Gasteiger charge is 2.21. The highest BCUT2D eigenvalue weighted by atomic mass is 16.5. The summed E-state index contributed by atoms with van der Waals surface area (Å²) in [5.74, 6) is 1.40. The third kappa shape index (κ3) is 2.10. The van der Waals surface area contributed by atoms with Crippen molar-refractivity contribution in [1.82, 2.24) is 15.0 Å². The van der Waals surface area contributed by atoms with E-state index < -0.39 is 0 Å². The Bertz CT molecular complexity index is 300. The van der Waals surface area contributed by atoms with Crippen LogP contribution in [0.4, 0.5) is 0 Å². The minimum Gasteiger partial charge on any atom is -0.392 e. The number of aromatic nitrogens is 2. The SMILES string of the molecule is CCc1nc(CN2CC[C@H](O)C2)no1. The van der Waals surface area contributed by atoms with Crippen LogP contribution < -0.4 is 0 Å². The second-order valence-corrected chi connectivity index (χ2v) is 3.64. The van der Waals surface area contributed by atoms with Crippen molar-refractivity contribution in [2.75, 3.05) is 13.1 Å². The molecule has 0 spiro atoms. The molecule has 1 atom stereocenters. The average Bonchev–Trinajstić information content (AvgIpc) is 2.76. The lowest BCUT2D eigenvalue weighted by molar-refractivity contribution is 0.173. The number of β-amino-alcohol motifs (C(OH)–C–C–N with tert-alkyl or cyclic N) is 1. The van der Waals surface area contributed by atoms with E-state index in [-0.39, 0.29) is 6.10 Å². The molecule has 0 amide bonds. The van der Waals surface area contributed by atoms with Crippen molar-refractivity contribution in [2.45, 2.75) is 32.4 Å². The number of aliphatic hydroxyl groups is 1. The van der Waals surface area contributed by atoms with Crippen molar-refractivity contribution in [3.8, 4) is 0 Å². The molecule has 1 aliphatic heterocycles. The van der Waals surface area contributed by atoms with E-state index in [0.717, 1.165) is 31.8 Å². The van der Waals surface area contributed by atoms with Crippen LogP contribution in [0.5, 0.6) is 0 Å². The number of aryl methyl sites for hydroxylation is 1. The molecule has 0 aromatic carbocycles. The molecule has 5 heteroatoms. The van der Waals surface area contributed by atoms with Crippen LogP contribution in [0.2, 0.25) is 0 Å². The van der Waals surface area contributed by atoms with Crippen molar-refractivity contribution in [3.05, 3.63) is 11.7 Å². The van der Waals surface area contributed by atoms with Crippen LogP contribution in [0.25, 0.3) is 0 Å². The van der Waals surface area contributed by atoms with E-state index in [1.54, 1.807) is 0 Å². The van der Waals surface area contributed by atoms with E-state index in [4.69, 9.17) is 4.52 Å². The Hall–Kier alpha value is -0.940. The van der Waals surface area contributed by atoms with E-state index in [0.29, 0.717) is 12.4 Å². The summed E-state index contributed by atoms with van der Waals surface area (Å²) in [5, 5.41) is 13.2. The number of aliphatic hydroxyl groups excluding tert-OH is 1. The summed E-state index contributed by atoms with van der Waals surface area (Å²) in [5.41, 5.74) is 0. The standard InChI is InChI=1S/C9H15N3O2/c1-2-9-10-8(11-14-9)6-12-4-3-7(13)5-12/h7,13H,2-6H2,1H3/t7-/m0/s1. The predicted molar refractivity (Wildman–Crippen MR) is 49.6 cm³/mol. The van der Waals surface area contributed by atoms with Crippen LogP contribution in [-0.2, 0) is 13.0 Å². The van der Waals surface area contributed by atoms with Gasteiger partial charge in [0.1, 0.15) is 0 Å². The van der Waals surface area contributed by atoms with Crippen molar-refractivity contribution < 1.29 is 9.63 Å². The van der Waals surface area contributed by atoms with Crippen molar-refractivity contribution in [2.24, 2.45) is 0 Å². The molecule has 0 unspecified atom stereocenters. The molecule has 2 heterocycles. The molecule has 14 heavy (non-hydrogen) atoms. The van der Waals surface area contributed by atoms with Gasteiger partial charge in [-0.25, -0.2) is 0 Å². The summed E-state index contributed by atoms with van der Waals surface area (Å²) in [7, 11) is 0. The molecule has 1 aromatic rings. The molecule has 1 saturated heterocycles. The summed E-state index contributed by atoms with van der Waals surface area (Å²) in [6, 6.07) is 0. The Labute approximate surface area is 82.7 Å². The van der Waals surface area contributed by atoms with E-state index in [2.05, 4.69) is 15.0 Å². The quantitative estimate of drug-likeness (QED) is 0.750. The summed E-state index contributed by atoms with van der Waals surface area (Å²) >= 11 is 0. The first-order valence-electron chi connectivity index (χ1n) is 5.00. The zero-order valence-electron chi connectivity index (χ0n) is 8.31. The molecule has 5 nitrogen and oxygen atoms in total. The third-order valence-corrected chi connectivity index (χ3v) is 2.43. The van der Waals surface area contributed by atoms with Crippen LogP contribution in [-0.4, -0.2) is 39.3 Å². The number of nitrogens with zero attached hydrogens (tertiary/aromatic N) is 3. The van der Waals surface area contributed by atoms with Gasteiger partial charge in [0.15, 0.2) is 5.82 Å². The molecule has 1 aromatic heterocycles. The molecule has 0 saturated carbocycles. The minimum absolute atomic E-state index is 0.187. The first kappa shape index (κ1) is 9.61. The second kappa shape index (κ2) is 4.06. The van der Waals surface area contributed by atoms with Gasteiger partial charge < -0.3 is 9.63 Å². The Balaban J connectivity index is 1.90. The van der Waals surface area contributed by atoms with Gasteiger partial charge in [0.2, 0.25) is 5.89 Å². The van der Waals surface area contributed by atoms with Gasteiger partial charge in [-0.15, -0.1) is 0 Å². The first-order valence-corrected chi connectivity index (χ1v) is 5.00. The van der Waals surface area contributed by atoms with E-state index in [9.17, 15) is 5.11 Å². The molecule has 0 radical (unpaired) electrons. The summed E-state index contributed by atoms with van der Waals surface area (Å²) in [6.45, 7) is 4.30. The smallest absolute Gasteiger partial charge is 0.226 e. The Morgan fingerprint density at radius 1 is 1.64 bits per heavy atom. The Morgan fingerprint density at radius 3 is 3.07 bits per heavy atom. The minimum atomic E-state index is -0.187. The monoisotopic (exact) mass is 197 g/mol. The van der Waals surface area contributed by atoms with Gasteiger partial charge in [-0.05, 0) is 6.42 Å². The molecule has 1 aliphatic rings. The van der Waals surface area contributed by atoms with Gasteiger partial charge in [-0.2, -0.15) is 4.98 Å². The fraction of sp³-hybridized carbons (Fsp3) is 0.778. The maximum absolute atomic E-state index is 9.32. The predicted octanol–water partition coefficient (Wildman–Crippen LogP) is 0.199. The number of hydrogen-bond donors (Lipinski definition) is 1. The largest absolute Gasteiger partial charge is 0.392 e. The molecular formula is C9H15N3O2. The lowest BCUT2D eigenvalue weighted by atomic mass is 10.3. The van der Waals surface area contributed by atoms with Crippen molar-refractivity contribution >= 4 is 0 Å². The zero-order valence-corrected chi connectivity index (χ0v) is 8.31. The molecular weight excluding hydrogens is 182 g/mol. The van der Waals surface area contributed by atoms with Gasteiger partial charge in [0.25, 0.3) is 0 Å². The van der Waals surface area contributed by atoms with Crippen LogP contribution >= 0.6 is 0 Å². The molecule has 0 aliphatic carbocycles. The summed E-state index contributed by atoms with van der Waals surface area (Å²) < 4.78 is 5.00. The Morgan fingerprint density at radius 2 is 2.50 bits per heavy atom. The van der Waals surface area contributed by atoms with Crippen LogP contribution in [0.1, 0.15) is 25.1 Å². The topological polar surface area (TPSA) is 62.4 Å². The van der Waals surface area contributed by atoms with Crippen molar-refractivity contribution in [3.63, 3.8) is 0 Å². The maximum atomic E-state index is 9.32. The summed E-state index contributed by atoms with van der Waals surface area (Å²) in [6.07, 6.45) is 1.43. The van der Waals surface area contributed by atoms with E-state index in [1.807, 2.05) is 6.92 Å². The molecule has 1 fully saturated rings. The van der Waals surface area contributed by atoms with Crippen LogP contribution in [0, 0.1) is 0 Å². The second-order valence-electron chi connectivity index (χ2n) is 3.64. The van der Waals surface area contributed by atoms with Gasteiger partial charge in [0.05, 0.1) is 12.6 Å². The zero-order chi connectivity index (χ0) is 9.97. The first-order chi connectivity index (χ1) is 6.78. The number of rotatable bonds is 3. The van der Waals surface area contributed by atoms with E-state index in [1.165, 1.54) is 0 Å². The third-order valence-electron chi connectivity index (χ3n) is 2.43. The highest BCUT2D eigenvalue weighted by molar-refractivity contribution is 4.87. The number of likely N-dealkylation sites (tertiary alicyclic amines) is 1. The molecule has 0 bridgehead atoms. The lowest BCUT2D eigenvalue weighted by Gasteiger charge is -2.10. The normalized spacial score (nSPS) is 23.1. The maximum Gasteiger partial charge on any atom is 0.226 e. The fourth-order valence-corrected chi connectivity index (χ4v) is 1.65. The molecule has 1 N–H and O–H groups in total. The molecule has 2 rings (SSSR count). The van der Waals surface area contributed by atoms with Gasteiger partial charge >= 0.3 is 0 Å². The van der Waals surface area contributed by atoms with Crippen LogP contribution in [0.15, 0.2) is 4.52 Å². The van der Waals surface area contributed by atoms with E-state index >= 15 is 0 Å². The average molecular weight is 197 g/mol. The lowest BCUT2D eigenvalue weighted by Crippen LogP contribution is -2.22. The van der Waals surface area contributed by atoms with Crippen LogP contribution in [0.3, 0.4) is 0 Å². The number of hydrogen-bond acceptors (Lipinski definition) is 5. The fourth-order valence-electron chi connectivity index (χ4n) is 1.65. The van der Waals surface area contributed by atoms with Gasteiger partial charge in [-0.1, -0.05) is 12.1 Å². The van der Waals surface area contributed by atoms with Gasteiger partial charge in [-0.3, -0.25) is 4.90 Å². The summed E-state index contributed by atoms with van der Waals surface area (Å²) in [4.78, 5) is 6.35. The van der Waals surface area contributed by atoms with Crippen molar-refractivity contribution in [1.29, 1.82) is 0 Å². The molecule has 78 valence electrons. The Kier molecular flexibility index (Phi) is 2.79.